The van der Waals surface area contributed by atoms with Crippen molar-refractivity contribution in [1.29, 1.82) is 0 Å². The molecule has 3 heteroatoms. The van der Waals surface area contributed by atoms with Crippen LogP contribution in [0.4, 0.5) is 5.69 Å². The van der Waals surface area contributed by atoms with Crippen LogP contribution in [0.15, 0.2) is 16.6 Å². The van der Waals surface area contributed by atoms with E-state index in [1.165, 1.54) is 22.2 Å². The van der Waals surface area contributed by atoms with E-state index >= 15 is 0 Å². The summed E-state index contributed by atoms with van der Waals surface area (Å²) in [6.45, 7) is 8.72. The van der Waals surface area contributed by atoms with E-state index in [0.29, 0.717) is 5.92 Å². The quantitative estimate of drug-likeness (QED) is 0.857. The number of nitrogens with one attached hydrogen (secondary N) is 1. The Morgan fingerprint density at radius 3 is 2.53 bits per heavy atom. The summed E-state index contributed by atoms with van der Waals surface area (Å²) in [7, 11) is 1.99. The molecular formula is C16H21BrN2. The van der Waals surface area contributed by atoms with Crippen LogP contribution in [-0.2, 0) is 6.42 Å². The molecular weight excluding hydrogens is 300 g/mol. The lowest BCUT2D eigenvalue weighted by Gasteiger charge is -2.19. The maximum atomic E-state index is 4.86. The number of pyridine rings is 1. The van der Waals surface area contributed by atoms with Crippen LogP contribution in [-0.4, -0.2) is 12.0 Å². The molecule has 0 bridgehead atoms. The minimum Gasteiger partial charge on any atom is -0.387 e. The van der Waals surface area contributed by atoms with Crippen LogP contribution in [0.3, 0.4) is 0 Å². The van der Waals surface area contributed by atoms with Crippen LogP contribution >= 0.6 is 15.9 Å². The van der Waals surface area contributed by atoms with Gasteiger partial charge in [-0.1, -0.05) is 36.7 Å². The molecule has 0 aliphatic rings. The molecule has 0 spiro atoms. The SMILES string of the molecule is CCc1cc(Br)cc2c(NC)c(C(C)C)c(C)nc12. The monoisotopic (exact) mass is 320 g/mol. The molecule has 2 rings (SSSR count). The molecule has 0 unspecified atom stereocenters. The van der Waals surface area contributed by atoms with Crippen molar-refractivity contribution in [3.8, 4) is 0 Å². The van der Waals surface area contributed by atoms with Crippen LogP contribution in [0, 0.1) is 6.92 Å². The molecule has 1 aromatic carbocycles. The third-order valence-corrected chi connectivity index (χ3v) is 4.03. The molecule has 1 N–H and O–H groups in total. The van der Waals surface area contributed by atoms with Crippen LogP contribution in [0.5, 0.6) is 0 Å². The Morgan fingerprint density at radius 2 is 2.00 bits per heavy atom. The van der Waals surface area contributed by atoms with Gasteiger partial charge in [0.1, 0.15) is 0 Å². The molecule has 0 radical (unpaired) electrons. The van der Waals surface area contributed by atoms with Gasteiger partial charge < -0.3 is 5.32 Å². The summed E-state index contributed by atoms with van der Waals surface area (Å²) in [6.07, 6.45) is 0.993. The summed E-state index contributed by atoms with van der Waals surface area (Å²) in [5, 5.41) is 4.59. The smallest absolute Gasteiger partial charge is 0.0758 e. The lowest BCUT2D eigenvalue weighted by atomic mass is 9.95. The molecule has 0 aliphatic carbocycles. The molecule has 0 amide bonds. The first-order chi connectivity index (χ1) is 8.99. The van der Waals surface area contributed by atoms with Gasteiger partial charge in [-0.25, -0.2) is 0 Å². The molecule has 1 heterocycles. The fraction of sp³-hybridized carbons (Fsp3) is 0.438. The first-order valence-electron chi connectivity index (χ1n) is 6.79. The number of aryl methyl sites for hydroxylation is 2. The summed E-state index contributed by atoms with van der Waals surface area (Å²) < 4.78 is 1.12. The Kier molecular flexibility index (Phi) is 4.14. The van der Waals surface area contributed by atoms with E-state index in [1.807, 2.05) is 7.05 Å². The summed E-state index contributed by atoms with van der Waals surface area (Å²) in [5.74, 6) is 0.461. The van der Waals surface area contributed by atoms with E-state index in [2.05, 4.69) is 61.1 Å². The van der Waals surface area contributed by atoms with Crippen LogP contribution in [0.2, 0.25) is 0 Å². The van der Waals surface area contributed by atoms with Crippen molar-refractivity contribution in [1.82, 2.24) is 4.98 Å². The molecule has 19 heavy (non-hydrogen) atoms. The molecule has 0 saturated heterocycles. The maximum absolute atomic E-state index is 4.86. The van der Waals surface area contributed by atoms with E-state index in [-0.39, 0.29) is 0 Å². The third kappa shape index (κ3) is 2.48. The number of hydrogen-bond donors (Lipinski definition) is 1. The predicted octanol–water partition coefficient (Wildman–Crippen LogP) is 5.03. The lowest BCUT2D eigenvalue weighted by Crippen LogP contribution is -2.05. The van der Waals surface area contributed by atoms with Gasteiger partial charge in [0.2, 0.25) is 0 Å². The Balaban J connectivity index is 2.93. The van der Waals surface area contributed by atoms with Crippen molar-refractivity contribution in [2.45, 2.75) is 40.0 Å². The van der Waals surface area contributed by atoms with Gasteiger partial charge in [0.15, 0.2) is 0 Å². The molecule has 102 valence electrons. The van der Waals surface area contributed by atoms with Crippen molar-refractivity contribution in [2.24, 2.45) is 0 Å². The minimum absolute atomic E-state index is 0.461. The zero-order valence-electron chi connectivity index (χ0n) is 12.3. The number of halogens is 1. The van der Waals surface area contributed by atoms with Crippen LogP contribution in [0.1, 0.15) is 43.5 Å². The topological polar surface area (TPSA) is 24.9 Å². The normalized spacial score (nSPS) is 11.3. The molecule has 2 aromatic rings. The highest BCUT2D eigenvalue weighted by atomic mass is 79.9. The van der Waals surface area contributed by atoms with E-state index in [0.717, 1.165) is 22.1 Å². The van der Waals surface area contributed by atoms with E-state index < -0.39 is 0 Å². The van der Waals surface area contributed by atoms with Crippen LogP contribution < -0.4 is 5.32 Å². The highest BCUT2D eigenvalue weighted by Gasteiger charge is 2.16. The predicted molar refractivity (Wildman–Crippen MR) is 87.2 cm³/mol. The molecule has 1 aromatic heterocycles. The summed E-state index contributed by atoms with van der Waals surface area (Å²) in [4.78, 5) is 4.86. The number of benzene rings is 1. The molecule has 0 atom stereocenters. The van der Waals surface area contributed by atoms with Crippen molar-refractivity contribution in [2.75, 3.05) is 12.4 Å². The van der Waals surface area contributed by atoms with Gasteiger partial charge in [-0.05, 0) is 42.5 Å². The zero-order valence-corrected chi connectivity index (χ0v) is 13.9. The van der Waals surface area contributed by atoms with Crippen molar-refractivity contribution in [3.05, 3.63) is 33.4 Å². The number of rotatable bonds is 3. The number of hydrogen-bond acceptors (Lipinski definition) is 2. The Hall–Kier alpha value is -1.09. The fourth-order valence-corrected chi connectivity index (χ4v) is 3.28. The average Bonchev–Trinajstić information content (AvgIpc) is 2.36. The van der Waals surface area contributed by atoms with Gasteiger partial charge in [-0.3, -0.25) is 4.98 Å². The second-order valence-corrected chi connectivity index (χ2v) is 6.12. The van der Waals surface area contributed by atoms with Gasteiger partial charge in [-0.2, -0.15) is 0 Å². The number of fused-ring (bicyclic) bond motifs is 1. The summed E-state index contributed by atoms with van der Waals surface area (Å²) in [6, 6.07) is 4.34. The number of aromatic nitrogens is 1. The van der Waals surface area contributed by atoms with Gasteiger partial charge in [0.05, 0.1) is 5.52 Å². The molecule has 0 fully saturated rings. The first-order valence-corrected chi connectivity index (χ1v) is 7.59. The minimum atomic E-state index is 0.461. The second-order valence-electron chi connectivity index (χ2n) is 5.21. The molecule has 0 saturated carbocycles. The lowest BCUT2D eigenvalue weighted by molar-refractivity contribution is 0.849. The van der Waals surface area contributed by atoms with Gasteiger partial charge >= 0.3 is 0 Å². The maximum Gasteiger partial charge on any atom is 0.0758 e. The zero-order chi connectivity index (χ0) is 14.2. The van der Waals surface area contributed by atoms with E-state index in [1.54, 1.807) is 0 Å². The summed E-state index contributed by atoms with van der Waals surface area (Å²) >= 11 is 3.61. The van der Waals surface area contributed by atoms with Gasteiger partial charge in [0, 0.05) is 28.3 Å². The van der Waals surface area contributed by atoms with E-state index in [9.17, 15) is 0 Å². The third-order valence-electron chi connectivity index (χ3n) is 3.57. The second kappa shape index (κ2) is 5.49. The van der Waals surface area contributed by atoms with Crippen LogP contribution in [0.25, 0.3) is 10.9 Å². The van der Waals surface area contributed by atoms with Crippen molar-refractivity contribution >= 4 is 32.5 Å². The average molecular weight is 321 g/mol. The fourth-order valence-electron chi connectivity index (χ4n) is 2.78. The summed E-state index contributed by atoms with van der Waals surface area (Å²) in [5.41, 5.74) is 6.07. The van der Waals surface area contributed by atoms with Crippen molar-refractivity contribution < 1.29 is 0 Å². The molecule has 0 aliphatic heterocycles. The Morgan fingerprint density at radius 1 is 1.32 bits per heavy atom. The highest BCUT2D eigenvalue weighted by Crippen LogP contribution is 2.36. The van der Waals surface area contributed by atoms with Gasteiger partial charge in [0.25, 0.3) is 0 Å². The standard InChI is InChI=1S/C16H21BrN2/c1-6-11-7-12(17)8-13-15(11)19-10(4)14(9(2)3)16(13)18-5/h7-9H,6H2,1-5H3,(H,18,19). The first kappa shape index (κ1) is 14.3. The Bertz CT molecular complexity index is 618. The largest absolute Gasteiger partial charge is 0.387 e. The van der Waals surface area contributed by atoms with Crippen molar-refractivity contribution in [3.63, 3.8) is 0 Å². The van der Waals surface area contributed by atoms with Gasteiger partial charge in [-0.15, -0.1) is 0 Å². The highest BCUT2D eigenvalue weighted by molar-refractivity contribution is 9.10. The molecule has 2 nitrogen and oxygen atoms in total. The number of nitrogens with zero attached hydrogens (tertiary/aromatic N) is 1. The van der Waals surface area contributed by atoms with E-state index in [4.69, 9.17) is 4.98 Å². The Labute approximate surface area is 123 Å². The number of anilines is 1.